The van der Waals surface area contributed by atoms with Crippen molar-refractivity contribution in [2.45, 2.75) is 26.3 Å². The monoisotopic (exact) mass is 342 g/mol. The number of nitrogens with one attached hydrogen (secondary N) is 1. The number of nitrogens with zero attached hydrogens (tertiary/aromatic N) is 1. The van der Waals surface area contributed by atoms with Gasteiger partial charge in [-0.3, -0.25) is 4.79 Å². The summed E-state index contributed by atoms with van der Waals surface area (Å²) in [5, 5.41) is 0.730. The van der Waals surface area contributed by atoms with E-state index in [1.54, 1.807) is 30.1 Å². The van der Waals surface area contributed by atoms with Gasteiger partial charge in [0.25, 0.3) is 0 Å². The maximum Gasteiger partial charge on any atom is 0.227 e. The van der Waals surface area contributed by atoms with Crippen molar-refractivity contribution in [1.82, 2.24) is 9.88 Å². The Morgan fingerprint density at radius 3 is 2.44 bits per heavy atom. The minimum atomic E-state index is -0.326. The van der Waals surface area contributed by atoms with E-state index in [9.17, 15) is 13.6 Å². The van der Waals surface area contributed by atoms with Gasteiger partial charge in [0.05, 0.1) is 12.5 Å². The van der Waals surface area contributed by atoms with Gasteiger partial charge in [-0.15, -0.1) is 0 Å². The van der Waals surface area contributed by atoms with E-state index in [1.165, 1.54) is 24.3 Å². The van der Waals surface area contributed by atoms with Gasteiger partial charge in [0.15, 0.2) is 0 Å². The number of carbonyl (C=O) groups excluding carboxylic acids is 1. The average Bonchev–Trinajstić information content (AvgIpc) is 2.89. The first-order chi connectivity index (χ1) is 11.9. The number of benzene rings is 2. The van der Waals surface area contributed by atoms with E-state index in [0.29, 0.717) is 0 Å². The molecule has 3 aromatic rings. The molecule has 1 N–H and O–H groups in total. The van der Waals surface area contributed by atoms with Crippen molar-refractivity contribution in [3.63, 3.8) is 0 Å². The fourth-order valence-corrected chi connectivity index (χ4v) is 3.04. The van der Waals surface area contributed by atoms with Crippen molar-refractivity contribution in [3.8, 4) is 0 Å². The van der Waals surface area contributed by atoms with Crippen LogP contribution in [-0.2, 0) is 11.2 Å². The summed E-state index contributed by atoms with van der Waals surface area (Å²) >= 11 is 0. The lowest BCUT2D eigenvalue weighted by molar-refractivity contribution is -0.131. The largest absolute Gasteiger partial charge is 0.358 e. The predicted octanol–water partition coefficient (Wildman–Crippen LogP) is 4.52. The molecule has 1 atom stereocenters. The van der Waals surface area contributed by atoms with E-state index in [0.717, 1.165) is 27.7 Å². The summed E-state index contributed by atoms with van der Waals surface area (Å²) < 4.78 is 26.6. The normalized spacial score (nSPS) is 12.4. The van der Waals surface area contributed by atoms with E-state index >= 15 is 0 Å². The third-order valence-corrected chi connectivity index (χ3v) is 4.74. The van der Waals surface area contributed by atoms with E-state index in [2.05, 4.69) is 4.98 Å². The summed E-state index contributed by atoms with van der Waals surface area (Å²) in [6.45, 7) is 3.77. The molecule has 5 heteroatoms. The van der Waals surface area contributed by atoms with E-state index < -0.39 is 0 Å². The summed E-state index contributed by atoms with van der Waals surface area (Å²) in [6, 6.07) is 10.5. The van der Waals surface area contributed by atoms with Gasteiger partial charge in [-0.2, -0.15) is 0 Å². The first-order valence-electron chi connectivity index (χ1n) is 8.14. The van der Waals surface area contributed by atoms with Gasteiger partial charge in [-0.1, -0.05) is 12.1 Å². The molecule has 0 spiro atoms. The molecule has 1 unspecified atom stereocenters. The van der Waals surface area contributed by atoms with Crippen LogP contribution in [0.15, 0.2) is 42.5 Å². The molecule has 0 aliphatic carbocycles. The Morgan fingerprint density at radius 1 is 1.12 bits per heavy atom. The number of fused-ring (bicyclic) bond motifs is 1. The number of amides is 1. The molecule has 3 nitrogen and oxygen atoms in total. The molecule has 1 amide bonds. The minimum absolute atomic E-state index is 0.0786. The predicted molar refractivity (Wildman–Crippen MR) is 94.3 cm³/mol. The number of H-pyrrole nitrogens is 1. The van der Waals surface area contributed by atoms with Crippen LogP contribution < -0.4 is 0 Å². The second kappa shape index (κ2) is 6.67. The highest BCUT2D eigenvalue weighted by Crippen LogP contribution is 2.26. The Morgan fingerprint density at radius 2 is 1.76 bits per heavy atom. The quantitative estimate of drug-likeness (QED) is 0.744. The van der Waals surface area contributed by atoms with Crippen molar-refractivity contribution in [3.05, 3.63) is 70.9 Å². The maximum atomic E-state index is 13.6. The van der Waals surface area contributed by atoms with E-state index in [4.69, 9.17) is 0 Å². The lowest BCUT2D eigenvalue weighted by atomic mass is 10.0. The van der Waals surface area contributed by atoms with Crippen LogP contribution in [0, 0.1) is 18.6 Å². The SMILES string of the molecule is Cc1[nH]c2ccc(F)cc2c1CC(=O)N(C)C(C)c1ccc(F)cc1. The lowest BCUT2D eigenvalue weighted by Gasteiger charge is -2.25. The summed E-state index contributed by atoms with van der Waals surface area (Å²) in [5.74, 6) is -0.709. The summed E-state index contributed by atoms with van der Waals surface area (Å²) in [4.78, 5) is 17.5. The maximum absolute atomic E-state index is 13.6. The number of carbonyl (C=O) groups is 1. The number of hydrogen-bond donors (Lipinski definition) is 1. The Hall–Kier alpha value is -2.69. The molecule has 1 heterocycles. The van der Waals surface area contributed by atoms with Crippen molar-refractivity contribution in [1.29, 1.82) is 0 Å². The third kappa shape index (κ3) is 3.40. The van der Waals surface area contributed by atoms with E-state index in [1.807, 2.05) is 13.8 Å². The molecule has 0 bridgehead atoms. The molecule has 0 radical (unpaired) electrons. The van der Waals surface area contributed by atoms with Crippen molar-refractivity contribution in [2.24, 2.45) is 0 Å². The van der Waals surface area contributed by atoms with Crippen LogP contribution in [0.4, 0.5) is 8.78 Å². The lowest BCUT2D eigenvalue weighted by Crippen LogP contribution is -2.31. The molecule has 1 aromatic heterocycles. The second-order valence-corrected chi connectivity index (χ2v) is 6.33. The van der Waals surface area contributed by atoms with Gasteiger partial charge in [-0.25, -0.2) is 8.78 Å². The van der Waals surface area contributed by atoms with Crippen LogP contribution in [0.5, 0.6) is 0 Å². The van der Waals surface area contributed by atoms with Gasteiger partial charge in [0.1, 0.15) is 11.6 Å². The molecule has 0 saturated carbocycles. The number of halogens is 2. The first-order valence-corrected chi connectivity index (χ1v) is 8.14. The molecule has 0 fully saturated rings. The number of aromatic amines is 1. The third-order valence-electron chi connectivity index (χ3n) is 4.74. The van der Waals surface area contributed by atoms with Crippen LogP contribution in [0.2, 0.25) is 0 Å². The zero-order valence-corrected chi connectivity index (χ0v) is 14.4. The summed E-state index contributed by atoms with van der Waals surface area (Å²) in [6.07, 6.45) is 0.178. The standard InChI is InChI=1S/C20H20F2N2O/c1-12-17(18-10-16(22)8-9-19(18)23-12)11-20(25)24(3)13(2)14-4-6-15(21)7-5-14/h4-10,13,23H,11H2,1-3H3. The minimum Gasteiger partial charge on any atom is -0.358 e. The van der Waals surface area contributed by atoms with Crippen LogP contribution in [0.3, 0.4) is 0 Å². The fraction of sp³-hybridized carbons (Fsp3) is 0.250. The van der Waals surface area contributed by atoms with Gasteiger partial charge >= 0.3 is 0 Å². The first kappa shape index (κ1) is 17.1. The zero-order valence-electron chi connectivity index (χ0n) is 14.4. The van der Waals surface area contributed by atoms with Crippen LogP contribution >= 0.6 is 0 Å². The Labute approximate surface area is 145 Å². The fourth-order valence-electron chi connectivity index (χ4n) is 3.04. The van der Waals surface area contributed by atoms with Crippen molar-refractivity contribution >= 4 is 16.8 Å². The highest BCUT2D eigenvalue weighted by atomic mass is 19.1. The summed E-state index contributed by atoms with van der Waals surface area (Å²) in [5.41, 5.74) is 3.34. The summed E-state index contributed by atoms with van der Waals surface area (Å²) in [7, 11) is 1.72. The molecule has 130 valence electrons. The molecular formula is C20H20F2N2O. The number of aromatic nitrogens is 1. The Balaban J connectivity index is 1.83. The number of aryl methyl sites for hydroxylation is 1. The van der Waals surface area contributed by atoms with Crippen LogP contribution in [-0.4, -0.2) is 22.8 Å². The van der Waals surface area contributed by atoms with Gasteiger partial charge in [0.2, 0.25) is 5.91 Å². The topological polar surface area (TPSA) is 36.1 Å². The second-order valence-electron chi connectivity index (χ2n) is 6.33. The number of likely N-dealkylation sites (N-methyl/N-ethyl adjacent to an activating group) is 1. The smallest absolute Gasteiger partial charge is 0.227 e. The average molecular weight is 342 g/mol. The molecule has 2 aromatic carbocycles. The van der Waals surface area contributed by atoms with Gasteiger partial charge in [-0.05, 0) is 55.3 Å². The Bertz CT molecular complexity index is 915. The van der Waals surface area contributed by atoms with Crippen LogP contribution in [0.25, 0.3) is 10.9 Å². The van der Waals surface area contributed by atoms with Crippen molar-refractivity contribution < 1.29 is 13.6 Å². The Kier molecular flexibility index (Phi) is 4.57. The van der Waals surface area contributed by atoms with E-state index in [-0.39, 0.29) is 30.0 Å². The van der Waals surface area contributed by atoms with Crippen molar-refractivity contribution in [2.75, 3.05) is 7.05 Å². The molecule has 0 aliphatic rings. The molecule has 0 aliphatic heterocycles. The molecular weight excluding hydrogens is 322 g/mol. The molecule has 0 saturated heterocycles. The molecule has 25 heavy (non-hydrogen) atoms. The van der Waals surface area contributed by atoms with Gasteiger partial charge < -0.3 is 9.88 Å². The number of hydrogen-bond acceptors (Lipinski definition) is 1. The highest BCUT2D eigenvalue weighted by Gasteiger charge is 2.20. The highest BCUT2D eigenvalue weighted by molar-refractivity contribution is 5.90. The molecule has 3 rings (SSSR count). The van der Waals surface area contributed by atoms with Crippen LogP contribution in [0.1, 0.15) is 29.8 Å². The zero-order chi connectivity index (χ0) is 18.1. The van der Waals surface area contributed by atoms with Gasteiger partial charge in [0, 0.05) is 23.6 Å². The number of rotatable bonds is 4.